The molecule has 0 radical (unpaired) electrons. The third-order valence-electron chi connectivity index (χ3n) is 1.44. The molecule has 0 aliphatic rings. The molecule has 0 amide bonds. The van der Waals surface area contributed by atoms with Crippen LogP contribution in [-0.2, 0) is 0 Å². The summed E-state index contributed by atoms with van der Waals surface area (Å²) in [6.07, 6.45) is 1.84. The van der Waals surface area contributed by atoms with E-state index < -0.39 is 0 Å². The molecular weight excluding hydrogens is 201 g/mol. The zero-order valence-electron chi connectivity index (χ0n) is 5.90. The summed E-state index contributed by atoms with van der Waals surface area (Å²) < 4.78 is 1.37. The maximum atomic E-state index is 4.27. The van der Waals surface area contributed by atoms with Gasteiger partial charge in [0.2, 0.25) is 0 Å². The first-order valence-corrected chi connectivity index (χ1v) is 5.26. The maximum absolute atomic E-state index is 4.27. The number of hydrogen-bond donors (Lipinski definition) is 0. The molecule has 54 valence electrons. The summed E-state index contributed by atoms with van der Waals surface area (Å²) in [5.41, 5.74) is 1.12. The molecule has 2 aromatic heterocycles. The van der Waals surface area contributed by atoms with Gasteiger partial charge in [0.1, 0.15) is 0 Å². The van der Waals surface area contributed by atoms with E-state index in [0.29, 0.717) is 14.5 Å². The summed E-state index contributed by atoms with van der Waals surface area (Å²) >= 11 is 0.508. The van der Waals surface area contributed by atoms with E-state index in [0.717, 1.165) is 5.69 Å². The molecule has 0 aromatic carbocycles. The van der Waals surface area contributed by atoms with Crippen LogP contribution in [0.25, 0.3) is 10.1 Å². The van der Waals surface area contributed by atoms with Crippen molar-refractivity contribution in [1.82, 2.24) is 4.98 Å². The number of pyridine rings is 1. The van der Waals surface area contributed by atoms with E-state index >= 15 is 0 Å². The molecule has 2 heteroatoms. The fourth-order valence-electron chi connectivity index (χ4n) is 0.933. The van der Waals surface area contributed by atoms with Gasteiger partial charge in [-0.05, 0) is 0 Å². The Morgan fingerprint density at radius 2 is 2.09 bits per heavy atom. The molecular formula is C9H7NSe. The summed E-state index contributed by atoms with van der Waals surface area (Å²) in [5.74, 6) is 0. The van der Waals surface area contributed by atoms with Crippen LogP contribution in [-0.4, -0.2) is 19.5 Å². The normalized spacial score (nSPS) is 9.82. The van der Waals surface area contributed by atoms with Gasteiger partial charge in [0.05, 0.1) is 0 Å². The Morgan fingerprint density at radius 3 is 2.73 bits per heavy atom. The number of aromatic nitrogens is 1. The van der Waals surface area contributed by atoms with Crippen molar-refractivity contribution in [2.75, 3.05) is 0 Å². The molecule has 0 aliphatic carbocycles. The second-order valence-corrected chi connectivity index (χ2v) is 4.18. The summed E-state index contributed by atoms with van der Waals surface area (Å²) in [6.45, 7) is 0. The van der Waals surface area contributed by atoms with Crippen LogP contribution in [0.1, 0.15) is 0 Å². The first-order chi connectivity index (χ1) is 5.47. The Balaban J connectivity index is 2.46. The third kappa shape index (κ3) is 1.42. The zero-order valence-corrected chi connectivity index (χ0v) is 7.61. The van der Waals surface area contributed by atoms with Gasteiger partial charge in [0.15, 0.2) is 0 Å². The number of hydrogen-bond acceptors (Lipinski definition) is 1. The Labute approximate surface area is 71.5 Å². The van der Waals surface area contributed by atoms with Crippen LogP contribution >= 0.6 is 0 Å². The Kier molecular flexibility index (Phi) is 1.89. The van der Waals surface area contributed by atoms with Crippen molar-refractivity contribution in [2.45, 2.75) is 0 Å². The van der Waals surface area contributed by atoms with Gasteiger partial charge >= 0.3 is 71.1 Å². The topological polar surface area (TPSA) is 12.9 Å². The molecule has 1 nitrogen and oxygen atoms in total. The third-order valence-corrected chi connectivity index (χ3v) is 3.31. The molecule has 0 spiro atoms. The number of rotatable bonds is 1. The summed E-state index contributed by atoms with van der Waals surface area (Å²) in [6, 6.07) is 10.3. The van der Waals surface area contributed by atoms with Crippen molar-refractivity contribution in [3.05, 3.63) is 41.5 Å². The Morgan fingerprint density at radius 1 is 1.09 bits per heavy atom. The molecule has 0 bridgehead atoms. The van der Waals surface area contributed by atoms with E-state index in [1.165, 1.54) is 4.44 Å². The van der Waals surface area contributed by atoms with Crippen LogP contribution in [0, 0.1) is 0 Å². The zero-order chi connectivity index (χ0) is 7.52. The summed E-state index contributed by atoms with van der Waals surface area (Å²) in [4.78, 5) is 6.47. The fraction of sp³-hybridized carbons (Fsp3) is 0. The van der Waals surface area contributed by atoms with Crippen molar-refractivity contribution in [3.63, 3.8) is 0 Å². The van der Waals surface area contributed by atoms with E-state index in [-0.39, 0.29) is 0 Å². The average molecular weight is 208 g/mol. The van der Waals surface area contributed by atoms with Gasteiger partial charge in [-0.1, -0.05) is 0 Å². The van der Waals surface area contributed by atoms with E-state index in [1.807, 2.05) is 18.3 Å². The first kappa shape index (κ1) is 6.83. The van der Waals surface area contributed by atoms with Gasteiger partial charge in [-0.3, -0.25) is 0 Å². The van der Waals surface area contributed by atoms with Crippen LogP contribution in [0.3, 0.4) is 0 Å². The predicted octanol–water partition coefficient (Wildman–Crippen LogP) is 1.81. The minimum atomic E-state index is 0.508. The van der Waals surface area contributed by atoms with Gasteiger partial charge in [0.25, 0.3) is 0 Å². The first-order valence-electron chi connectivity index (χ1n) is 3.42. The van der Waals surface area contributed by atoms with Crippen LogP contribution in [0.4, 0.5) is 0 Å². The number of nitrogens with zero attached hydrogens (tertiary/aromatic N) is 1. The fourth-order valence-corrected chi connectivity index (χ4v) is 2.41. The second kappa shape index (κ2) is 3.04. The molecule has 11 heavy (non-hydrogen) atoms. The van der Waals surface area contributed by atoms with Crippen molar-refractivity contribution in [3.8, 4) is 10.1 Å². The Bertz CT molecular complexity index is 313. The van der Waals surface area contributed by atoms with Gasteiger partial charge in [0, 0.05) is 0 Å². The predicted molar refractivity (Wildman–Crippen MR) is 46.6 cm³/mol. The van der Waals surface area contributed by atoms with E-state index in [2.05, 4.69) is 28.1 Å². The summed E-state index contributed by atoms with van der Waals surface area (Å²) in [5, 5.41) is 0. The molecule has 2 rings (SSSR count). The van der Waals surface area contributed by atoms with Crippen LogP contribution in [0.15, 0.2) is 41.5 Å². The standard InChI is InChI=1S/C9H7NSe/c1-2-6-10-8(4-1)9-5-3-7-11-9/h1-7H. The molecule has 0 aliphatic heterocycles. The van der Waals surface area contributed by atoms with Crippen molar-refractivity contribution >= 4 is 14.5 Å². The molecule has 0 saturated heterocycles. The van der Waals surface area contributed by atoms with Gasteiger partial charge in [-0.25, -0.2) is 0 Å². The van der Waals surface area contributed by atoms with E-state index in [4.69, 9.17) is 0 Å². The van der Waals surface area contributed by atoms with Crippen molar-refractivity contribution in [1.29, 1.82) is 0 Å². The summed E-state index contributed by atoms with van der Waals surface area (Å²) in [7, 11) is 0. The quantitative estimate of drug-likeness (QED) is 0.651. The molecule has 2 heterocycles. The van der Waals surface area contributed by atoms with Crippen molar-refractivity contribution < 1.29 is 0 Å². The molecule has 0 atom stereocenters. The Hall–Kier alpha value is -0.851. The molecule has 0 N–H and O–H groups in total. The van der Waals surface area contributed by atoms with Crippen LogP contribution in [0.2, 0.25) is 0 Å². The van der Waals surface area contributed by atoms with E-state index in [1.54, 1.807) is 0 Å². The average Bonchev–Trinajstić information content (AvgIpc) is 2.58. The van der Waals surface area contributed by atoms with E-state index in [9.17, 15) is 0 Å². The minimum absolute atomic E-state index is 0.508. The molecule has 0 fully saturated rings. The monoisotopic (exact) mass is 209 g/mol. The van der Waals surface area contributed by atoms with Crippen molar-refractivity contribution in [2.24, 2.45) is 0 Å². The molecule has 0 unspecified atom stereocenters. The molecule has 0 saturated carbocycles. The van der Waals surface area contributed by atoms with Crippen LogP contribution in [0.5, 0.6) is 0 Å². The SMILES string of the molecule is c1ccc(-c2ccc[se]2)nc1. The van der Waals surface area contributed by atoms with Crippen LogP contribution < -0.4 is 0 Å². The second-order valence-electron chi connectivity index (χ2n) is 2.19. The molecule has 2 aromatic rings. The van der Waals surface area contributed by atoms with Gasteiger partial charge in [-0.15, -0.1) is 0 Å². The van der Waals surface area contributed by atoms with Gasteiger partial charge < -0.3 is 0 Å². The van der Waals surface area contributed by atoms with Gasteiger partial charge in [-0.2, -0.15) is 0 Å².